The monoisotopic (exact) mass is 689 g/mol. The number of thioether (sulfide) groups is 1. The summed E-state index contributed by atoms with van der Waals surface area (Å²) in [5, 5.41) is 9.03. The first-order valence-corrected chi connectivity index (χ1v) is 16.4. The Kier molecular flexibility index (Phi) is 9.74. The topological polar surface area (TPSA) is 103 Å². The number of aromatic nitrogens is 1. The van der Waals surface area contributed by atoms with Crippen LogP contribution in [0, 0.1) is 11.3 Å². The molecule has 11 heteroatoms. The number of thiazole rings is 1. The molecule has 2 heterocycles. The van der Waals surface area contributed by atoms with E-state index in [1.807, 2.05) is 48.7 Å². The summed E-state index contributed by atoms with van der Waals surface area (Å²) in [7, 11) is 1.55. The molecule has 5 rings (SSSR count). The van der Waals surface area contributed by atoms with Crippen LogP contribution < -0.4 is 24.4 Å². The van der Waals surface area contributed by atoms with Crippen molar-refractivity contribution in [1.29, 1.82) is 5.26 Å². The van der Waals surface area contributed by atoms with Gasteiger partial charge < -0.3 is 14.2 Å². The maximum Gasteiger partial charge on any atom is 0.338 e. The second kappa shape index (κ2) is 13.7. The van der Waals surface area contributed by atoms with Crippen molar-refractivity contribution in [2.24, 2.45) is 4.99 Å². The van der Waals surface area contributed by atoms with Crippen molar-refractivity contribution in [3.63, 3.8) is 0 Å². The molecule has 3 aromatic carbocycles. The number of carbonyl (C=O) groups excluding carboxylic acids is 1. The summed E-state index contributed by atoms with van der Waals surface area (Å²) in [5.74, 6) is 0.505. The molecule has 0 radical (unpaired) electrons. The Hall–Kier alpha value is -4.11. The van der Waals surface area contributed by atoms with Gasteiger partial charge >= 0.3 is 5.97 Å². The average Bonchev–Trinajstić information content (AvgIpc) is 3.33. The minimum absolute atomic E-state index is 0.210. The minimum Gasteiger partial charge on any atom is -0.493 e. The molecule has 224 valence electrons. The summed E-state index contributed by atoms with van der Waals surface area (Å²) >= 11 is 6.47. The molecule has 44 heavy (non-hydrogen) atoms. The minimum atomic E-state index is -0.678. The maximum atomic E-state index is 14.0. The third-order valence-electron chi connectivity index (χ3n) is 6.96. The Morgan fingerprint density at radius 2 is 1.91 bits per heavy atom. The third-order valence-corrected chi connectivity index (χ3v) is 9.28. The van der Waals surface area contributed by atoms with Crippen LogP contribution in [0.5, 0.6) is 11.5 Å². The highest BCUT2D eigenvalue weighted by molar-refractivity contribution is 9.10. The lowest BCUT2D eigenvalue weighted by Crippen LogP contribution is -2.39. The van der Waals surface area contributed by atoms with E-state index in [1.165, 1.54) is 11.3 Å². The van der Waals surface area contributed by atoms with Gasteiger partial charge in [0.05, 0.1) is 51.7 Å². The van der Waals surface area contributed by atoms with Crippen LogP contribution in [0.1, 0.15) is 42.1 Å². The lowest BCUT2D eigenvalue weighted by atomic mass is 9.96. The highest BCUT2D eigenvalue weighted by atomic mass is 79.9. The van der Waals surface area contributed by atoms with Crippen molar-refractivity contribution < 1.29 is 19.0 Å². The fraction of sp³-hybridized carbons (Fsp3) is 0.212. The van der Waals surface area contributed by atoms with Gasteiger partial charge in [-0.2, -0.15) is 5.26 Å². The number of nitriles is 1. The number of hydrogen-bond acceptors (Lipinski definition) is 9. The number of benzene rings is 3. The van der Waals surface area contributed by atoms with E-state index in [1.54, 1.807) is 61.6 Å². The second-order valence-corrected chi connectivity index (χ2v) is 12.5. The van der Waals surface area contributed by atoms with Crippen molar-refractivity contribution >= 4 is 51.1 Å². The fourth-order valence-electron chi connectivity index (χ4n) is 4.84. The van der Waals surface area contributed by atoms with Crippen molar-refractivity contribution in [2.45, 2.75) is 31.4 Å². The van der Waals surface area contributed by atoms with E-state index < -0.39 is 12.0 Å². The number of halogens is 1. The second-order valence-electron chi connectivity index (χ2n) is 9.71. The summed E-state index contributed by atoms with van der Waals surface area (Å²) < 4.78 is 19.8. The predicted molar refractivity (Wildman–Crippen MR) is 175 cm³/mol. The first kappa shape index (κ1) is 31.3. The van der Waals surface area contributed by atoms with Crippen molar-refractivity contribution in [3.05, 3.63) is 118 Å². The summed E-state index contributed by atoms with van der Waals surface area (Å²) in [6, 6.07) is 20.1. The smallest absolute Gasteiger partial charge is 0.338 e. The number of fused-ring (bicyclic) bond motifs is 1. The van der Waals surface area contributed by atoms with Crippen LogP contribution >= 0.6 is 39.0 Å². The zero-order valence-corrected chi connectivity index (χ0v) is 27.6. The molecule has 0 fully saturated rings. The standard InChI is InChI=1S/C33H28BrN3O5S2/c1-5-41-32(39)28-19(2)36-33-37(29(28)23-10-12-24(43-4)13-11-23)31(38)27(44-33)16-22-14-25(34)30(26(15-22)40-3)42-18-21-8-6-20(17-35)7-9-21/h6-16,29H,5,18H2,1-4H3/b27-16+/t29-/m0/s1. The van der Waals surface area contributed by atoms with Crippen LogP contribution in [0.2, 0.25) is 0 Å². The number of esters is 1. The van der Waals surface area contributed by atoms with E-state index >= 15 is 0 Å². The molecule has 0 saturated heterocycles. The molecular formula is C33H28BrN3O5S2. The van der Waals surface area contributed by atoms with E-state index in [2.05, 4.69) is 27.0 Å². The highest BCUT2D eigenvalue weighted by Crippen LogP contribution is 2.37. The molecule has 0 saturated carbocycles. The van der Waals surface area contributed by atoms with Gasteiger partial charge in [-0.1, -0.05) is 35.6 Å². The van der Waals surface area contributed by atoms with Gasteiger partial charge in [0.1, 0.15) is 6.61 Å². The summed E-state index contributed by atoms with van der Waals surface area (Å²) in [4.78, 5) is 33.4. The molecule has 1 aliphatic rings. The van der Waals surface area contributed by atoms with Crippen LogP contribution in [-0.4, -0.2) is 30.5 Å². The number of nitrogens with zero attached hydrogens (tertiary/aromatic N) is 3. The van der Waals surface area contributed by atoms with Crippen LogP contribution in [-0.2, 0) is 16.1 Å². The van der Waals surface area contributed by atoms with Crippen LogP contribution in [0.25, 0.3) is 6.08 Å². The number of methoxy groups -OCH3 is 1. The van der Waals surface area contributed by atoms with Crippen molar-refractivity contribution in [3.8, 4) is 17.6 Å². The lowest BCUT2D eigenvalue weighted by molar-refractivity contribution is -0.139. The lowest BCUT2D eigenvalue weighted by Gasteiger charge is -2.24. The van der Waals surface area contributed by atoms with Crippen LogP contribution in [0.4, 0.5) is 0 Å². The zero-order valence-electron chi connectivity index (χ0n) is 24.4. The van der Waals surface area contributed by atoms with Gasteiger partial charge in [-0.3, -0.25) is 9.36 Å². The summed E-state index contributed by atoms with van der Waals surface area (Å²) in [6.07, 6.45) is 3.77. The molecule has 1 aliphatic heterocycles. The summed E-state index contributed by atoms with van der Waals surface area (Å²) in [5.41, 5.74) is 3.58. The van der Waals surface area contributed by atoms with Crippen molar-refractivity contribution in [2.75, 3.05) is 20.0 Å². The number of carbonyl (C=O) groups is 1. The normalized spacial score (nSPS) is 14.5. The van der Waals surface area contributed by atoms with E-state index in [0.717, 1.165) is 16.0 Å². The Balaban J connectivity index is 1.55. The van der Waals surface area contributed by atoms with Gasteiger partial charge in [0, 0.05) is 4.90 Å². The largest absolute Gasteiger partial charge is 0.493 e. The Bertz CT molecular complexity index is 1970. The van der Waals surface area contributed by atoms with E-state index in [4.69, 9.17) is 19.5 Å². The quantitative estimate of drug-likeness (QED) is 0.163. The number of hydrogen-bond donors (Lipinski definition) is 0. The molecule has 0 spiro atoms. The summed E-state index contributed by atoms with van der Waals surface area (Å²) in [6.45, 7) is 4.01. The molecule has 0 N–H and O–H groups in total. The SMILES string of the molecule is CCOC(=O)C1=C(C)N=c2s/c(=C/c3cc(Br)c(OCc4ccc(C#N)cc4)c(OC)c3)c(=O)n2[C@H]1c1ccc(SC)cc1. The number of allylic oxidation sites excluding steroid dienone is 1. The van der Waals surface area contributed by atoms with Gasteiger partial charge in [0.15, 0.2) is 16.3 Å². The molecule has 0 unspecified atom stereocenters. The highest BCUT2D eigenvalue weighted by Gasteiger charge is 2.33. The molecule has 8 nitrogen and oxygen atoms in total. The molecular weight excluding hydrogens is 662 g/mol. The van der Waals surface area contributed by atoms with Gasteiger partial charge in [0.2, 0.25) is 0 Å². The van der Waals surface area contributed by atoms with Gasteiger partial charge in [0.25, 0.3) is 5.56 Å². The van der Waals surface area contributed by atoms with Gasteiger partial charge in [-0.15, -0.1) is 11.8 Å². The fourth-order valence-corrected chi connectivity index (χ4v) is 6.87. The van der Waals surface area contributed by atoms with E-state index in [-0.39, 0.29) is 18.8 Å². The average molecular weight is 691 g/mol. The maximum absolute atomic E-state index is 14.0. The number of rotatable bonds is 9. The van der Waals surface area contributed by atoms with E-state index in [0.29, 0.717) is 47.7 Å². The van der Waals surface area contributed by atoms with Gasteiger partial charge in [-0.25, -0.2) is 9.79 Å². The predicted octanol–water partition coefficient (Wildman–Crippen LogP) is 5.74. The molecule has 1 aromatic heterocycles. The zero-order chi connectivity index (χ0) is 31.4. The molecule has 0 aliphatic carbocycles. The molecule has 4 aromatic rings. The van der Waals surface area contributed by atoms with Crippen molar-refractivity contribution in [1.82, 2.24) is 4.57 Å². The Morgan fingerprint density at radius 1 is 1.18 bits per heavy atom. The number of ether oxygens (including phenoxy) is 3. The first-order chi connectivity index (χ1) is 21.3. The first-order valence-electron chi connectivity index (χ1n) is 13.6. The molecule has 0 amide bonds. The van der Waals surface area contributed by atoms with Gasteiger partial charge in [-0.05, 0) is 95.2 Å². The van der Waals surface area contributed by atoms with Crippen LogP contribution in [0.15, 0.2) is 91.1 Å². The Morgan fingerprint density at radius 3 is 2.55 bits per heavy atom. The Labute approximate surface area is 271 Å². The van der Waals surface area contributed by atoms with Crippen LogP contribution in [0.3, 0.4) is 0 Å². The van der Waals surface area contributed by atoms with E-state index in [9.17, 15) is 9.59 Å². The molecule has 0 bridgehead atoms. The molecule has 1 atom stereocenters. The third kappa shape index (κ3) is 6.38.